The summed E-state index contributed by atoms with van der Waals surface area (Å²) < 4.78 is 55.9. The second-order valence-electron chi connectivity index (χ2n) is 6.22. The van der Waals surface area contributed by atoms with E-state index in [1.165, 1.54) is 23.5 Å². The topological polar surface area (TPSA) is 107 Å². The summed E-state index contributed by atoms with van der Waals surface area (Å²) >= 11 is 0. The zero-order chi connectivity index (χ0) is 19.1. The average molecular weight is 396 g/mol. The van der Waals surface area contributed by atoms with E-state index in [1.807, 2.05) is 6.92 Å². The average Bonchev–Trinajstić information content (AvgIpc) is 2.60. The maximum absolute atomic E-state index is 13.1. The Labute approximate surface area is 153 Å². The molecule has 0 unspecified atom stereocenters. The molecule has 0 saturated carbocycles. The molecule has 1 heterocycles. The lowest BCUT2D eigenvalue weighted by Crippen LogP contribution is -2.36. The summed E-state index contributed by atoms with van der Waals surface area (Å²) in [6, 6.07) is 9.55. The Morgan fingerprint density at radius 2 is 1.77 bits per heavy atom. The van der Waals surface area contributed by atoms with Crippen LogP contribution in [0.5, 0.6) is 5.75 Å². The van der Waals surface area contributed by atoms with E-state index in [0.717, 1.165) is 11.1 Å². The lowest BCUT2D eigenvalue weighted by molar-refractivity contribution is 0.377. The third-order valence-electron chi connectivity index (χ3n) is 4.42. The molecule has 0 spiro atoms. The normalized spacial score (nSPS) is 15.5. The number of methoxy groups -OCH3 is 1. The molecule has 9 heteroatoms. The van der Waals surface area contributed by atoms with Gasteiger partial charge in [0.2, 0.25) is 20.0 Å². The highest BCUT2D eigenvalue weighted by Gasteiger charge is 2.31. The van der Waals surface area contributed by atoms with Crippen LogP contribution in [0.2, 0.25) is 0 Å². The zero-order valence-corrected chi connectivity index (χ0v) is 16.1. The monoisotopic (exact) mass is 396 g/mol. The summed E-state index contributed by atoms with van der Waals surface area (Å²) in [7, 11) is -6.21. The van der Waals surface area contributed by atoms with Crippen LogP contribution in [0.3, 0.4) is 0 Å². The number of hydrogen-bond acceptors (Lipinski definition) is 5. The maximum atomic E-state index is 13.1. The molecule has 26 heavy (non-hydrogen) atoms. The Bertz CT molecular complexity index is 1060. The van der Waals surface area contributed by atoms with Crippen LogP contribution in [-0.4, -0.2) is 34.8 Å². The van der Waals surface area contributed by atoms with Crippen molar-refractivity contribution < 1.29 is 21.6 Å². The van der Waals surface area contributed by atoms with Gasteiger partial charge in [-0.05, 0) is 54.3 Å². The molecule has 0 fully saturated rings. The van der Waals surface area contributed by atoms with E-state index >= 15 is 0 Å². The molecule has 140 valence electrons. The van der Waals surface area contributed by atoms with Gasteiger partial charge in [0.25, 0.3) is 0 Å². The van der Waals surface area contributed by atoms with Crippen LogP contribution >= 0.6 is 0 Å². The molecule has 0 atom stereocenters. The van der Waals surface area contributed by atoms with Gasteiger partial charge >= 0.3 is 0 Å². The van der Waals surface area contributed by atoms with E-state index in [9.17, 15) is 16.8 Å². The minimum atomic E-state index is -3.85. The Hall–Kier alpha value is -1.94. The molecule has 0 aliphatic carbocycles. The smallest absolute Gasteiger partial charge is 0.247 e. The van der Waals surface area contributed by atoms with E-state index in [-0.39, 0.29) is 22.1 Å². The second-order valence-corrected chi connectivity index (χ2v) is 9.69. The van der Waals surface area contributed by atoms with E-state index in [1.54, 1.807) is 24.3 Å². The number of hydrogen-bond donors (Lipinski definition) is 1. The standard InChI is InChI=1S/C17H20N2O5S2/c1-12-3-6-16(24-2)17(9-12)26(22,23)19-8-7-13-4-5-15(25(18,20)21)10-14(13)11-19/h3-6,9-10H,7-8,11H2,1-2H3,(H2,18,20,21). The van der Waals surface area contributed by atoms with Gasteiger partial charge in [-0.1, -0.05) is 12.1 Å². The molecule has 1 aliphatic rings. The van der Waals surface area contributed by atoms with Crippen LogP contribution in [0, 0.1) is 6.92 Å². The summed E-state index contributed by atoms with van der Waals surface area (Å²) in [6.45, 7) is 2.20. The molecule has 2 N–H and O–H groups in total. The van der Waals surface area contributed by atoms with Crippen LogP contribution in [0.15, 0.2) is 46.2 Å². The number of ether oxygens (including phenoxy) is 1. The number of primary sulfonamides is 1. The van der Waals surface area contributed by atoms with Crippen molar-refractivity contribution in [2.24, 2.45) is 5.14 Å². The Morgan fingerprint density at radius 3 is 2.42 bits per heavy atom. The quantitative estimate of drug-likeness (QED) is 0.841. The number of benzene rings is 2. The van der Waals surface area contributed by atoms with Gasteiger partial charge in [0, 0.05) is 13.1 Å². The fourth-order valence-corrected chi connectivity index (χ4v) is 5.24. The van der Waals surface area contributed by atoms with E-state index < -0.39 is 20.0 Å². The highest BCUT2D eigenvalue weighted by molar-refractivity contribution is 7.89. The number of aryl methyl sites for hydroxylation is 1. The first-order valence-corrected chi connectivity index (χ1v) is 10.9. The van der Waals surface area contributed by atoms with Gasteiger partial charge in [0.1, 0.15) is 10.6 Å². The lowest BCUT2D eigenvalue weighted by Gasteiger charge is -2.29. The first kappa shape index (κ1) is 18.8. The lowest BCUT2D eigenvalue weighted by atomic mass is 10.0. The minimum absolute atomic E-state index is 0.0244. The van der Waals surface area contributed by atoms with Crippen LogP contribution in [0.1, 0.15) is 16.7 Å². The summed E-state index contributed by atoms with van der Waals surface area (Å²) in [5, 5.41) is 5.18. The highest BCUT2D eigenvalue weighted by Crippen LogP contribution is 2.31. The zero-order valence-electron chi connectivity index (χ0n) is 14.5. The number of sulfonamides is 2. The maximum Gasteiger partial charge on any atom is 0.247 e. The minimum Gasteiger partial charge on any atom is -0.495 e. The number of nitrogens with zero attached hydrogens (tertiary/aromatic N) is 1. The number of rotatable bonds is 4. The fraction of sp³-hybridized carbons (Fsp3) is 0.294. The fourth-order valence-electron chi connectivity index (χ4n) is 3.01. The summed E-state index contributed by atoms with van der Waals surface area (Å²) in [4.78, 5) is 0.0784. The van der Waals surface area contributed by atoms with Crippen molar-refractivity contribution in [1.29, 1.82) is 0 Å². The Balaban J connectivity index is 2.01. The molecular weight excluding hydrogens is 376 g/mol. The summed E-state index contributed by atoms with van der Waals surface area (Å²) in [5.74, 6) is 0.277. The molecule has 0 aromatic heterocycles. The first-order chi connectivity index (χ1) is 12.1. The molecule has 0 amide bonds. The molecule has 3 rings (SSSR count). The molecule has 1 aliphatic heterocycles. The largest absolute Gasteiger partial charge is 0.495 e. The molecule has 0 saturated heterocycles. The SMILES string of the molecule is COc1ccc(C)cc1S(=O)(=O)N1CCc2ccc(S(N)(=O)=O)cc2C1. The van der Waals surface area contributed by atoms with Crippen molar-refractivity contribution in [2.75, 3.05) is 13.7 Å². The van der Waals surface area contributed by atoms with Crippen molar-refractivity contribution >= 4 is 20.0 Å². The predicted octanol–water partition coefficient (Wildman–Crippen LogP) is 1.40. The third-order valence-corrected chi connectivity index (χ3v) is 7.20. The molecule has 0 bridgehead atoms. The van der Waals surface area contributed by atoms with Gasteiger partial charge < -0.3 is 4.74 Å². The van der Waals surface area contributed by atoms with Crippen LogP contribution < -0.4 is 9.88 Å². The van der Waals surface area contributed by atoms with E-state index in [4.69, 9.17) is 9.88 Å². The summed E-state index contributed by atoms with van der Waals surface area (Å²) in [5.41, 5.74) is 2.36. The third kappa shape index (κ3) is 3.48. The first-order valence-electron chi connectivity index (χ1n) is 7.92. The van der Waals surface area contributed by atoms with Gasteiger partial charge in [-0.25, -0.2) is 22.0 Å². The van der Waals surface area contributed by atoms with Crippen molar-refractivity contribution in [2.45, 2.75) is 29.7 Å². The van der Waals surface area contributed by atoms with Crippen molar-refractivity contribution in [3.05, 3.63) is 53.1 Å². The molecule has 7 nitrogen and oxygen atoms in total. The van der Waals surface area contributed by atoms with E-state index in [0.29, 0.717) is 18.5 Å². The number of nitrogens with two attached hydrogens (primary N) is 1. The Kier molecular flexibility index (Phi) is 4.82. The molecule has 2 aromatic rings. The van der Waals surface area contributed by atoms with Crippen LogP contribution in [0.25, 0.3) is 0 Å². The van der Waals surface area contributed by atoms with Gasteiger partial charge in [-0.2, -0.15) is 4.31 Å². The molecule has 0 radical (unpaired) electrons. The number of fused-ring (bicyclic) bond motifs is 1. The highest BCUT2D eigenvalue weighted by atomic mass is 32.2. The van der Waals surface area contributed by atoms with Gasteiger partial charge in [-0.15, -0.1) is 0 Å². The molecular formula is C17H20N2O5S2. The second kappa shape index (κ2) is 6.66. The summed E-state index contributed by atoms with van der Waals surface area (Å²) in [6.07, 6.45) is 0.494. The predicted molar refractivity (Wildman–Crippen MR) is 96.8 cm³/mol. The van der Waals surface area contributed by atoms with Crippen molar-refractivity contribution in [3.63, 3.8) is 0 Å². The van der Waals surface area contributed by atoms with Crippen molar-refractivity contribution in [3.8, 4) is 5.75 Å². The Morgan fingerprint density at radius 1 is 1.04 bits per heavy atom. The van der Waals surface area contributed by atoms with Gasteiger partial charge in [-0.3, -0.25) is 0 Å². The van der Waals surface area contributed by atoms with E-state index in [2.05, 4.69) is 0 Å². The van der Waals surface area contributed by atoms with Gasteiger partial charge in [0.15, 0.2) is 0 Å². The van der Waals surface area contributed by atoms with Gasteiger partial charge in [0.05, 0.1) is 12.0 Å². The van der Waals surface area contributed by atoms with Crippen LogP contribution in [-0.2, 0) is 33.0 Å². The van der Waals surface area contributed by atoms with Crippen LogP contribution in [0.4, 0.5) is 0 Å². The molecule has 2 aromatic carbocycles. The van der Waals surface area contributed by atoms with Crippen molar-refractivity contribution in [1.82, 2.24) is 4.31 Å².